The van der Waals surface area contributed by atoms with E-state index in [2.05, 4.69) is 24.3 Å². The lowest BCUT2D eigenvalue weighted by Crippen LogP contribution is -2.11. The minimum atomic E-state index is 0. The second kappa shape index (κ2) is 8.10. The van der Waals surface area contributed by atoms with Gasteiger partial charge in [-0.2, -0.15) is 0 Å². The van der Waals surface area contributed by atoms with Crippen molar-refractivity contribution in [1.29, 1.82) is 0 Å². The van der Waals surface area contributed by atoms with Gasteiger partial charge in [-0.15, -0.1) is 12.4 Å². The third-order valence-electron chi connectivity index (χ3n) is 3.47. The standard InChI is InChI=1S/C16H22N2O.ClH/c1-19-15-8-7-12-10-14(6-5-13(12)11-15)16(18)4-2-3-9-17;/h5-8,10-11,16H,2-4,9,17-18H2,1H3;1H/t16-;/m1./s1. The van der Waals surface area contributed by atoms with Crippen molar-refractivity contribution in [2.75, 3.05) is 13.7 Å². The molecule has 2 aromatic carbocycles. The molecule has 0 unspecified atom stereocenters. The Bertz CT molecular complexity index is 545. The number of hydrogen-bond donors (Lipinski definition) is 2. The molecule has 0 amide bonds. The van der Waals surface area contributed by atoms with E-state index in [0.717, 1.165) is 31.6 Å². The van der Waals surface area contributed by atoms with E-state index < -0.39 is 0 Å². The van der Waals surface area contributed by atoms with E-state index in [9.17, 15) is 0 Å². The van der Waals surface area contributed by atoms with Crippen LogP contribution in [0.4, 0.5) is 0 Å². The highest BCUT2D eigenvalue weighted by atomic mass is 35.5. The number of unbranched alkanes of at least 4 members (excludes halogenated alkanes) is 1. The van der Waals surface area contributed by atoms with Crippen molar-refractivity contribution < 1.29 is 4.74 Å². The number of halogens is 1. The first-order chi connectivity index (χ1) is 9.24. The number of hydrogen-bond acceptors (Lipinski definition) is 3. The molecule has 0 aromatic heterocycles. The van der Waals surface area contributed by atoms with Crippen molar-refractivity contribution in [2.45, 2.75) is 25.3 Å². The molecule has 0 heterocycles. The second-order valence-corrected chi connectivity index (χ2v) is 4.86. The summed E-state index contributed by atoms with van der Waals surface area (Å²) < 4.78 is 5.23. The van der Waals surface area contributed by atoms with Crippen LogP contribution in [0.3, 0.4) is 0 Å². The monoisotopic (exact) mass is 294 g/mol. The number of methoxy groups -OCH3 is 1. The number of benzene rings is 2. The summed E-state index contributed by atoms with van der Waals surface area (Å²) in [6, 6.07) is 12.6. The van der Waals surface area contributed by atoms with Gasteiger partial charge in [0.05, 0.1) is 7.11 Å². The summed E-state index contributed by atoms with van der Waals surface area (Å²) in [5, 5.41) is 2.38. The highest BCUT2D eigenvalue weighted by molar-refractivity contribution is 5.85. The molecule has 1 atom stereocenters. The van der Waals surface area contributed by atoms with Crippen LogP contribution in [0.2, 0.25) is 0 Å². The maximum absolute atomic E-state index is 6.22. The van der Waals surface area contributed by atoms with Gasteiger partial charge in [0.25, 0.3) is 0 Å². The first kappa shape index (κ1) is 16.8. The van der Waals surface area contributed by atoms with Crippen LogP contribution in [0, 0.1) is 0 Å². The summed E-state index contributed by atoms with van der Waals surface area (Å²) in [6.07, 6.45) is 3.11. The highest BCUT2D eigenvalue weighted by Gasteiger charge is 2.06. The molecule has 0 fully saturated rings. The molecule has 20 heavy (non-hydrogen) atoms. The number of fused-ring (bicyclic) bond motifs is 1. The van der Waals surface area contributed by atoms with E-state index >= 15 is 0 Å². The summed E-state index contributed by atoms with van der Waals surface area (Å²) in [5.74, 6) is 0.882. The van der Waals surface area contributed by atoms with Gasteiger partial charge in [0.1, 0.15) is 5.75 Å². The predicted molar refractivity (Wildman–Crippen MR) is 87.6 cm³/mol. The molecule has 110 valence electrons. The Kier molecular flexibility index (Phi) is 6.79. The molecule has 2 aromatic rings. The van der Waals surface area contributed by atoms with E-state index in [1.165, 1.54) is 16.3 Å². The predicted octanol–water partition coefficient (Wildman–Crippen LogP) is 3.40. The molecule has 0 aliphatic carbocycles. The number of ether oxygens (including phenoxy) is 1. The van der Waals surface area contributed by atoms with Gasteiger partial charge in [0.15, 0.2) is 0 Å². The molecule has 0 spiro atoms. The van der Waals surface area contributed by atoms with E-state index in [-0.39, 0.29) is 18.4 Å². The third kappa shape index (κ3) is 4.10. The van der Waals surface area contributed by atoms with Crippen molar-refractivity contribution in [3.05, 3.63) is 42.0 Å². The average Bonchev–Trinajstić information content (AvgIpc) is 2.46. The molecular formula is C16H23ClN2O. The Balaban J connectivity index is 0.00000200. The summed E-state index contributed by atoms with van der Waals surface area (Å²) in [5.41, 5.74) is 12.9. The summed E-state index contributed by atoms with van der Waals surface area (Å²) in [7, 11) is 1.68. The fourth-order valence-electron chi connectivity index (χ4n) is 2.28. The SMILES string of the molecule is COc1ccc2cc([C@H](N)CCCCN)ccc2c1.Cl. The fourth-order valence-corrected chi connectivity index (χ4v) is 2.28. The van der Waals surface area contributed by atoms with E-state index in [0.29, 0.717) is 0 Å². The topological polar surface area (TPSA) is 61.3 Å². The van der Waals surface area contributed by atoms with Gasteiger partial charge < -0.3 is 16.2 Å². The zero-order valence-electron chi connectivity index (χ0n) is 11.8. The van der Waals surface area contributed by atoms with Crippen LogP contribution in [0.1, 0.15) is 30.9 Å². The van der Waals surface area contributed by atoms with Crippen LogP contribution in [-0.4, -0.2) is 13.7 Å². The molecule has 0 saturated carbocycles. The highest BCUT2D eigenvalue weighted by Crippen LogP contribution is 2.25. The maximum Gasteiger partial charge on any atom is 0.119 e. The molecular weight excluding hydrogens is 272 g/mol. The molecule has 0 bridgehead atoms. The Morgan fingerprint density at radius 3 is 2.45 bits per heavy atom. The van der Waals surface area contributed by atoms with Crippen LogP contribution < -0.4 is 16.2 Å². The lowest BCUT2D eigenvalue weighted by molar-refractivity contribution is 0.415. The second-order valence-electron chi connectivity index (χ2n) is 4.86. The summed E-state index contributed by atoms with van der Waals surface area (Å²) in [6.45, 7) is 0.740. The van der Waals surface area contributed by atoms with Gasteiger partial charge in [-0.1, -0.05) is 24.6 Å². The molecule has 3 nitrogen and oxygen atoms in total. The summed E-state index contributed by atoms with van der Waals surface area (Å²) in [4.78, 5) is 0. The van der Waals surface area contributed by atoms with Crippen LogP contribution in [0.15, 0.2) is 36.4 Å². The number of rotatable bonds is 6. The van der Waals surface area contributed by atoms with Gasteiger partial charge in [0.2, 0.25) is 0 Å². The summed E-state index contributed by atoms with van der Waals surface area (Å²) >= 11 is 0. The molecule has 2 rings (SSSR count). The van der Waals surface area contributed by atoms with Gasteiger partial charge in [-0.3, -0.25) is 0 Å². The molecule has 0 radical (unpaired) electrons. The van der Waals surface area contributed by atoms with Crippen LogP contribution in [0.5, 0.6) is 5.75 Å². The van der Waals surface area contributed by atoms with E-state index in [4.69, 9.17) is 16.2 Å². The van der Waals surface area contributed by atoms with Crippen LogP contribution in [0.25, 0.3) is 10.8 Å². The zero-order valence-corrected chi connectivity index (χ0v) is 12.7. The van der Waals surface area contributed by atoms with Crippen molar-refractivity contribution in [1.82, 2.24) is 0 Å². The lowest BCUT2D eigenvalue weighted by Gasteiger charge is -2.13. The molecule has 0 aliphatic heterocycles. The number of nitrogens with two attached hydrogens (primary N) is 2. The van der Waals surface area contributed by atoms with Crippen molar-refractivity contribution in [2.24, 2.45) is 11.5 Å². The van der Waals surface area contributed by atoms with Gasteiger partial charge in [-0.05, 0) is 53.9 Å². The third-order valence-corrected chi connectivity index (χ3v) is 3.47. The quantitative estimate of drug-likeness (QED) is 0.803. The largest absolute Gasteiger partial charge is 0.497 e. The first-order valence-electron chi connectivity index (χ1n) is 6.78. The van der Waals surface area contributed by atoms with Crippen LogP contribution in [-0.2, 0) is 0 Å². The molecule has 4 N–H and O–H groups in total. The van der Waals surface area contributed by atoms with Crippen molar-refractivity contribution >= 4 is 23.2 Å². The van der Waals surface area contributed by atoms with E-state index in [1.807, 2.05) is 12.1 Å². The Morgan fingerprint density at radius 1 is 1.05 bits per heavy atom. The Hall–Kier alpha value is -1.29. The zero-order chi connectivity index (χ0) is 13.7. The lowest BCUT2D eigenvalue weighted by atomic mass is 9.98. The van der Waals surface area contributed by atoms with Gasteiger partial charge in [-0.25, -0.2) is 0 Å². The Labute approximate surface area is 126 Å². The normalized spacial score (nSPS) is 11.9. The van der Waals surface area contributed by atoms with E-state index in [1.54, 1.807) is 7.11 Å². The Morgan fingerprint density at radius 2 is 1.75 bits per heavy atom. The minimum Gasteiger partial charge on any atom is -0.497 e. The average molecular weight is 295 g/mol. The molecule has 4 heteroatoms. The first-order valence-corrected chi connectivity index (χ1v) is 6.78. The fraction of sp³-hybridized carbons (Fsp3) is 0.375. The smallest absolute Gasteiger partial charge is 0.119 e. The maximum atomic E-state index is 6.22. The molecule has 0 saturated heterocycles. The minimum absolute atomic E-state index is 0. The molecule has 0 aliphatic rings. The van der Waals surface area contributed by atoms with Crippen molar-refractivity contribution in [3.63, 3.8) is 0 Å². The van der Waals surface area contributed by atoms with Gasteiger partial charge >= 0.3 is 0 Å². The van der Waals surface area contributed by atoms with Gasteiger partial charge in [0, 0.05) is 6.04 Å². The van der Waals surface area contributed by atoms with Crippen LogP contribution >= 0.6 is 12.4 Å². The van der Waals surface area contributed by atoms with Crippen molar-refractivity contribution in [3.8, 4) is 5.75 Å².